The van der Waals surface area contributed by atoms with E-state index in [1.165, 1.54) is 95.0 Å². The molecule has 9 fully saturated rings. The molecule has 21 rings (SSSR count). The number of benzene rings is 6. The monoisotopic (exact) mass is 1990 g/mol. The summed E-state index contributed by atoms with van der Waals surface area (Å²) in [4.78, 5) is 99.0. The number of amides is 3. The fraction of sp³-hybridized carbons (Fsp3) is 0.432. The second-order valence-corrected chi connectivity index (χ2v) is 41.3. The highest BCUT2D eigenvalue weighted by molar-refractivity contribution is 6.02. The van der Waals surface area contributed by atoms with Gasteiger partial charge in [-0.15, -0.1) is 0 Å². The van der Waals surface area contributed by atoms with Crippen molar-refractivity contribution in [3.05, 3.63) is 252 Å². The number of nitrogen functional groups attached to an aromatic ring is 3. The molecule has 0 spiro atoms. The molecule has 12 heterocycles. The van der Waals surface area contributed by atoms with Gasteiger partial charge in [-0.2, -0.15) is 15.3 Å². The zero-order chi connectivity index (χ0) is 102. The first-order valence-electron chi connectivity index (χ1n) is 51.4. The van der Waals surface area contributed by atoms with Crippen LogP contribution in [0, 0.1) is 37.2 Å². The third-order valence-electron chi connectivity index (χ3n) is 30.8. The number of hydrogen-bond acceptors (Lipinski definition) is 24. The Labute approximate surface area is 854 Å². The summed E-state index contributed by atoms with van der Waals surface area (Å²) in [5, 5.41) is 15.9. The minimum Gasteiger partial charge on any atom is -0.457 e. The van der Waals surface area contributed by atoms with E-state index in [2.05, 4.69) is 115 Å². The summed E-state index contributed by atoms with van der Waals surface area (Å²) in [6, 6.07) is 42.8. The molecule has 3 saturated carbocycles. The minimum absolute atomic E-state index is 0.129. The molecule has 6 aromatic carbocycles. The van der Waals surface area contributed by atoms with Crippen LogP contribution in [0.3, 0.4) is 0 Å². The van der Waals surface area contributed by atoms with Gasteiger partial charge in [-0.3, -0.25) is 43.8 Å². The Morgan fingerprint density at radius 1 is 0.333 bits per heavy atom. The number of piperidine rings is 3. The lowest BCUT2D eigenvalue weighted by molar-refractivity contribution is -0.129. The molecule has 3 amide bonds. The van der Waals surface area contributed by atoms with Crippen molar-refractivity contribution in [2.24, 2.45) is 0 Å². The summed E-state index contributed by atoms with van der Waals surface area (Å²) in [6.07, 6.45) is 25.7. The fourth-order valence-electron chi connectivity index (χ4n) is 21.9. The molecule has 3 aliphatic carbocycles. The quantitative estimate of drug-likeness (QED) is 0.0374. The first-order chi connectivity index (χ1) is 71.1. The van der Waals surface area contributed by atoms with Gasteiger partial charge in [0, 0.05) is 187 Å². The van der Waals surface area contributed by atoms with Crippen LogP contribution in [0.2, 0.25) is 0 Å². The molecule has 6 saturated heterocycles. The van der Waals surface area contributed by atoms with Gasteiger partial charge in [0.2, 0.25) is 17.1 Å². The number of nitrogens with two attached hydrogens (primary N) is 3. The summed E-state index contributed by atoms with van der Waals surface area (Å²) in [5.41, 5.74) is 21.2. The molecular weight excluding hydrogens is 1860 g/mol. The molecule has 762 valence electrons. The molecule has 0 radical (unpaired) electrons. The number of anilines is 3. The predicted octanol–water partition coefficient (Wildman–Crippen LogP) is 17.8. The van der Waals surface area contributed by atoms with Crippen LogP contribution < -0.4 is 31.4 Å². The molecule has 36 heteroatoms. The first kappa shape index (κ1) is 101. The van der Waals surface area contributed by atoms with E-state index in [-0.39, 0.29) is 87.1 Å². The molecular formula is C111H126F3N27O6. The smallest absolute Gasteiger partial charge is 0.252 e. The summed E-state index contributed by atoms with van der Waals surface area (Å²) in [7, 11) is 0. The van der Waals surface area contributed by atoms with E-state index >= 15 is 13.2 Å². The van der Waals surface area contributed by atoms with Gasteiger partial charge in [0.1, 0.15) is 105 Å². The maximum Gasteiger partial charge on any atom is 0.252 e. The van der Waals surface area contributed by atoms with E-state index < -0.39 is 34.1 Å². The number of fused-ring (bicyclic) bond motifs is 3. The number of nitrogens with zero attached hydrogens (tertiary/aromatic N) is 24. The van der Waals surface area contributed by atoms with Crippen molar-refractivity contribution in [2.45, 2.75) is 191 Å². The summed E-state index contributed by atoms with van der Waals surface area (Å²) < 4.78 is 69.7. The Kier molecular flexibility index (Phi) is 30.2. The third-order valence-corrected chi connectivity index (χ3v) is 30.8. The normalized spacial score (nSPS) is 19.8. The zero-order valence-corrected chi connectivity index (χ0v) is 84.2. The number of carbonyl (C=O) groups excluding carboxylic acids is 3. The summed E-state index contributed by atoms with van der Waals surface area (Å²) in [5.74, 6) is 0.978. The number of hydrogen-bond donors (Lipinski definition) is 3. The predicted molar refractivity (Wildman–Crippen MR) is 558 cm³/mol. The van der Waals surface area contributed by atoms with Crippen molar-refractivity contribution < 1.29 is 41.8 Å². The highest BCUT2D eigenvalue weighted by atomic mass is 19.1. The van der Waals surface area contributed by atoms with Crippen LogP contribution in [-0.4, -0.2) is 274 Å². The second kappa shape index (κ2) is 44.0. The first-order valence-corrected chi connectivity index (χ1v) is 51.4. The molecule has 6 N–H and O–H groups in total. The van der Waals surface area contributed by atoms with Gasteiger partial charge in [-0.25, -0.2) is 71.7 Å². The Balaban J connectivity index is 0.000000139. The Bertz CT molecular complexity index is 6380. The molecule has 0 bridgehead atoms. The lowest BCUT2D eigenvalue weighted by Crippen LogP contribution is -2.57. The zero-order valence-electron chi connectivity index (χ0n) is 84.2. The molecule has 147 heavy (non-hydrogen) atoms. The standard InChI is InChI=1S/3C37H42FN9O2/c3*1-37(2,46-19-17-44(18-20-46)25-9-7-10-25)22-31(40-3)36(48)45-16-8-11-26(23-45)47-35-32(34(39)41-24-42-35)33(43-47)29-15-14-28(21-30(29)38)49-27-12-5-4-6-13-27/h3*4-6,12-15,21-22,24-26H,7-11,16-20,23H2,1-2H3,(H2,39,41,42)/t2*26-;/m10./s1. The van der Waals surface area contributed by atoms with Gasteiger partial charge in [-0.1, -0.05) is 92.1 Å². The van der Waals surface area contributed by atoms with Crippen LogP contribution in [0.1, 0.15) is 156 Å². The topological polar surface area (TPSA) is 330 Å². The van der Waals surface area contributed by atoms with Crippen molar-refractivity contribution >= 4 is 68.3 Å². The molecule has 9 aliphatic rings. The van der Waals surface area contributed by atoms with Crippen molar-refractivity contribution in [1.29, 1.82) is 0 Å². The van der Waals surface area contributed by atoms with Crippen LogP contribution in [0.25, 0.3) is 81.4 Å². The maximum atomic E-state index is 15.7. The SMILES string of the molecule is [C-]#[N+]C(=CC(C)(C)N1CCN(C2CCC2)CC1)C(=O)N1CCCC(n2nc(-c3ccc(Oc4ccccc4)cc3F)c3c(N)ncnc32)C1.[C-]#[N+]C(=CC(C)(C)N1CCN(C2CCC2)CC1)C(=O)N1CCC[C@@H](n2nc(-c3ccc(Oc4ccccc4)cc3F)c3c(N)ncnc32)C1.[C-]#[N+]C(=CC(C)(C)N1CCN(C2CCC2)CC1)C(=O)N1CCC[C@H](n2nc(-c3ccc(Oc4ccccc4)cc3F)c3c(N)ncnc32)C1. The molecule has 33 nitrogen and oxygen atoms in total. The van der Waals surface area contributed by atoms with Crippen molar-refractivity contribution in [2.75, 3.05) is 135 Å². The van der Waals surface area contributed by atoms with Gasteiger partial charge < -0.3 is 46.1 Å². The van der Waals surface area contributed by atoms with E-state index in [0.717, 1.165) is 116 Å². The van der Waals surface area contributed by atoms with Gasteiger partial charge >= 0.3 is 0 Å². The highest BCUT2D eigenvalue weighted by Crippen LogP contribution is 2.44. The van der Waals surface area contributed by atoms with Gasteiger partial charge in [0.15, 0.2) is 16.9 Å². The van der Waals surface area contributed by atoms with Crippen LogP contribution in [0.15, 0.2) is 200 Å². The lowest BCUT2D eigenvalue weighted by Gasteiger charge is -2.47. The van der Waals surface area contributed by atoms with E-state index in [9.17, 15) is 14.4 Å². The molecule has 3 atom stereocenters. The average Bonchev–Trinajstić information content (AvgIpc) is 1.61. The summed E-state index contributed by atoms with van der Waals surface area (Å²) >= 11 is 0. The van der Waals surface area contributed by atoms with E-state index in [1.807, 2.05) is 72.8 Å². The Hall–Kier alpha value is -14.6. The van der Waals surface area contributed by atoms with Crippen molar-refractivity contribution in [3.63, 3.8) is 0 Å². The van der Waals surface area contributed by atoms with Crippen LogP contribution >= 0.6 is 0 Å². The Morgan fingerprint density at radius 2 is 0.585 bits per heavy atom. The van der Waals surface area contributed by atoms with Crippen LogP contribution in [-0.2, 0) is 14.4 Å². The van der Waals surface area contributed by atoms with Crippen molar-refractivity contribution in [1.82, 2.24) is 103 Å². The second-order valence-electron chi connectivity index (χ2n) is 41.3. The number of aromatic nitrogens is 12. The van der Waals surface area contributed by atoms with Crippen LogP contribution in [0.4, 0.5) is 30.6 Å². The Morgan fingerprint density at radius 3 is 0.816 bits per heavy atom. The van der Waals surface area contributed by atoms with Gasteiger partial charge in [0.25, 0.3) is 17.7 Å². The minimum atomic E-state index is -0.525. The third kappa shape index (κ3) is 22.1. The number of ether oxygens (including phenoxy) is 3. The number of carbonyl (C=O) groups is 3. The van der Waals surface area contributed by atoms with Crippen LogP contribution in [0.5, 0.6) is 34.5 Å². The largest absolute Gasteiger partial charge is 0.457 e. The number of piperazine rings is 3. The number of rotatable bonds is 24. The molecule has 12 aromatic rings. The lowest BCUT2D eigenvalue weighted by atomic mass is 9.90. The van der Waals surface area contributed by atoms with Gasteiger partial charge in [0.05, 0.1) is 54.0 Å². The fourth-order valence-corrected chi connectivity index (χ4v) is 21.9. The van der Waals surface area contributed by atoms with Gasteiger partial charge in [-0.05, 0) is 191 Å². The van der Waals surface area contributed by atoms with E-state index in [0.29, 0.717) is 143 Å². The highest BCUT2D eigenvalue weighted by Gasteiger charge is 2.42. The molecule has 6 aromatic heterocycles. The summed E-state index contributed by atoms with van der Waals surface area (Å²) in [6.45, 7) is 50.5. The molecule has 6 aliphatic heterocycles. The molecule has 1 unspecified atom stereocenters. The van der Waals surface area contributed by atoms with E-state index in [4.69, 9.17) is 66.4 Å². The average molecular weight is 1990 g/mol. The maximum absolute atomic E-state index is 15.7. The number of likely N-dealkylation sites (tertiary alicyclic amines) is 3. The number of para-hydroxylation sites is 3. The van der Waals surface area contributed by atoms with Crippen molar-refractivity contribution in [3.8, 4) is 68.3 Å². The number of halogens is 3. The van der Waals surface area contributed by atoms with E-state index in [1.54, 1.807) is 102 Å².